The number of anilines is 1. The minimum atomic E-state index is 0.670. The molecule has 0 radical (unpaired) electrons. The van der Waals surface area contributed by atoms with Crippen LogP contribution in [0.3, 0.4) is 0 Å². The highest BCUT2D eigenvalue weighted by Crippen LogP contribution is 2.35. The molecule has 2 heterocycles. The topological polar surface area (TPSA) is 16.1 Å². The van der Waals surface area contributed by atoms with Gasteiger partial charge in [-0.2, -0.15) is 0 Å². The summed E-state index contributed by atoms with van der Waals surface area (Å²) in [4.78, 5) is 6.69. The van der Waals surface area contributed by atoms with E-state index in [2.05, 4.69) is 56.1 Å². The highest BCUT2D eigenvalue weighted by Gasteiger charge is 2.29. The van der Waals surface area contributed by atoms with Crippen LogP contribution in [0.2, 0.25) is 0 Å². The third-order valence-corrected chi connectivity index (χ3v) is 4.43. The number of thiazole rings is 1. The molecule has 82 valence electrons. The summed E-state index contributed by atoms with van der Waals surface area (Å²) in [5.74, 6) is 0.670. The Kier molecular flexibility index (Phi) is 2.69. The zero-order chi connectivity index (χ0) is 11.0. The van der Waals surface area contributed by atoms with Crippen molar-refractivity contribution in [2.24, 2.45) is 0 Å². The van der Waals surface area contributed by atoms with Crippen LogP contribution in [0.5, 0.6) is 0 Å². The van der Waals surface area contributed by atoms with Crippen LogP contribution in [0.4, 0.5) is 5.13 Å². The van der Waals surface area contributed by atoms with Crippen LogP contribution in [0.1, 0.15) is 11.5 Å². The predicted octanol–water partition coefficient (Wildman–Crippen LogP) is 3.51. The number of nitrogens with zero attached hydrogens (tertiary/aromatic N) is 2. The van der Waals surface area contributed by atoms with E-state index in [9.17, 15) is 0 Å². The Labute approximate surface area is 107 Å². The molecule has 0 atom stereocenters. The molecule has 0 amide bonds. The van der Waals surface area contributed by atoms with Gasteiger partial charge in [-0.25, -0.2) is 4.98 Å². The van der Waals surface area contributed by atoms with Crippen molar-refractivity contribution in [3.8, 4) is 0 Å². The number of benzene rings is 1. The van der Waals surface area contributed by atoms with Crippen LogP contribution in [-0.2, 0) is 0 Å². The van der Waals surface area contributed by atoms with Crippen LogP contribution in [0.25, 0.3) is 0 Å². The van der Waals surface area contributed by atoms with E-state index in [1.807, 2.05) is 6.20 Å². The molecule has 2 aromatic rings. The molecule has 1 aromatic heterocycles. The first-order valence-corrected chi connectivity index (χ1v) is 6.85. The fraction of sp³-hybridized carbons (Fsp3) is 0.250. The van der Waals surface area contributed by atoms with Gasteiger partial charge in [0.2, 0.25) is 0 Å². The molecule has 4 heteroatoms. The maximum absolute atomic E-state index is 4.36. The summed E-state index contributed by atoms with van der Waals surface area (Å²) in [6, 6.07) is 10.7. The number of hydrogen-bond acceptors (Lipinski definition) is 3. The molecule has 1 aromatic carbocycles. The van der Waals surface area contributed by atoms with Crippen molar-refractivity contribution >= 4 is 32.4 Å². The highest BCUT2D eigenvalue weighted by atomic mass is 79.9. The molecule has 0 spiro atoms. The normalized spacial score (nSPS) is 16.2. The minimum Gasteiger partial charge on any atom is -0.347 e. The number of rotatable bonds is 2. The quantitative estimate of drug-likeness (QED) is 0.843. The Morgan fingerprint density at radius 1 is 1.25 bits per heavy atom. The molecule has 3 rings (SSSR count). The second kappa shape index (κ2) is 4.18. The number of aromatic nitrogens is 1. The molecular formula is C12H11BrN2S. The summed E-state index contributed by atoms with van der Waals surface area (Å²) in [5, 5.41) is 1.12. The summed E-state index contributed by atoms with van der Waals surface area (Å²) in [6.45, 7) is 2.17. The average Bonchev–Trinajstić information content (AvgIpc) is 2.64. The molecule has 0 N–H and O–H groups in total. The molecule has 1 fully saturated rings. The second-order valence-corrected chi connectivity index (χ2v) is 6.35. The summed E-state index contributed by atoms with van der Waals surface area (Å²) in [7, 11) is 0. The highest BCUT2D eigenvalue weighted by molar-refractivity contribution is 9.11. The Morgan fingerprint density at radius 2 is 2.00 bits per heavy atom. The van der Waals surface area contributed by atoms with E-state index in [-0.39, 0.29) is 0 Å². The van der Waals surface area contributed by atoms with Crippen molar-refractivity contribution in [1.82, 2.24) is 4.98 Å². The Morgan fingerprint density at radius 3 is 2.62 bits per heavy atom. The van der Waals surface area contributed by atoms with E-state index in [0.717, 1.165) is 22.0 Å². The first kappa shape index (κ1) is 10.3. The molecule has 0 aliphatic carbocycles. The third kappa shape index (κ3) is 1.87. The summed E-state index contributed by atoms with van der Waals surface area (Å²) < 4.78 is 1.10. The number of halogens is 1. The van der Waals surface area contributed by atoms with Crippen molar-refractivity contribution < 1.29 is 0 Å². The summed E-state index contributed by atoms with van der Waals surface area (Å²) >= 11 is 5.14. The van der Waals surface area contributed by atoms with Gasteiger partial charge in [0.05, 0.1) is 9.98 Å². The van der Waals surface area contributed by atoms with E-state index in [1.54, 1.807) is 11.3 Å². The van der Waals surface area contributed by atoms with Crippen molar-refractivity contribution in [3.05, 3.63) is 45.9 Å². The monoisotopic (exact) mass is 294 g/mol. The zero-order valence-electron chi connectivity index (χ0n) is 8.64. The van der Waals surface area contributed by atoms with Crippen molar-refractivity contribution in [1.29, 1.82) is 0 Å². The van der Waals surface area contributed by atoms with Gasteiger partial charge in [0.15, 0.2) is 5.13 Å². The third-order valence-electron chi connectivity index (χ3n) is 2.89. The van der Waals surface area contributed by atoms with Crippen LogP contribution in [-0.4, -0.2) is 18.1 Å². The standard InChI is InChI=1S/C12H11BrN2S/c13-11-6-14-12(16-11)15-7-10(8-15)9-4-2-1-3-5-9/h1-6,10H,7-8H2. The van der Waals surface area contributed by atoms with Gasteiger partial charge in [-0.3, -0.25) is 0 Å². The van der Waals surface area contributed by atoms with Crippen LogP contribution in [0.15, 0.2) is 40.3 Å². The van der Waals surface area contributed by atoms with Crippen LogP contribution >= 0.6 is 27.3 Å². The molecule has 1 saturated heterocycles. The smallest absolute Gasteiger partial charge is 0.186 e. The van der Waals surface area contributed by atoms with E-state index in [4.69, 9.17) is 0 Å². The first-order valence-electron chi connectivity index (χ1n) is 5.24. The Balaban J connectivity index is 1.67. The SMILES string of the molecule is Brc1cnc(N2CC(c3ccccc3)C2)s1. The molecule has 2 nitrogen and oxygen atoms in total. The lowest BCUT2D eigenvalue weighted by molar-refractivity contribution is 0.524. The van der Waals surface area contributed by atoms with Crippen molar-refractivity contribution in [2.45, 2.75) is 5.92 Å². The fourth-order valence-corrected chi connectivity index (χ4v) is 3.16. The van der Waals surface area contributed by atoms with Gasteiger partial charge in [0.1, 0.15) is 0 Å². The van der Waals surface area contributed by atoms with E-state index >= 15 is 0 Å². The zero-order valence-corrected chi connectivity index (χ0v) is 11.0. The maximum atomic E-state index is 4.36. The molecule has 0 saturated carbocycles. The molecule has 0 unspecified atom stereocenters. The van der Waals surface area contributed by atoms with Gasteiger partial charge in [0.25, 0.3) is 0 Å². The average molecular weight is 295 g/mol. The van der Waals surface area contributed by atoms with Crippen molar-refractivity contribution in [2.75, 3.05) is 18.0 Å². The lowest BCUT2D eigenvalue weighted by Crippen LogP contribution is -2.44. The van der Waals surface area contributed by atoms with Crippen LogP contribution < -0.4 is 4.90 Å². The second-order valence-electron chi connectivity index (χ2n) is 3.96. The van der Waals surface area contributed by atoms with Crippen LogP contribution in [0, 0.1) is 0 Å². The van der Waals surface area contributed by atoms with Gasteiger partial charge >= 0.3 is 0 Å². The minimum absolute atomic E-state index is 0.670. The fourth-order valence-electron chi connectivity index (χ4n) is 1.96. The molecular weight excluding hydrogens is 284 g/mol. The Bertz CT molecular complexity index is 477. The first-order chi connectivity index (χ1) is 7.83. The lowest BCUT2D eigenvalue weighted by Gasteiger charge is -2.39. The Hall–Kier alpha value is -0.870. The maximum Gasteiger partial charge on any atom is 0.186 e. The number of hydrogen-bond donors (Lipinski definition) is 0. The largest absolute Gasteiger partial charge is 0.347 e. The summed E-state index contributed by atoms with van der Waals surface area (Å²) in [6.07, 6.45) is 1.87. The van der Waals surface area contributed by atoms with Gasteiger partial charge in [0, 0.05) is 19.0 Å². The lowest BCUT2D eigenvalue weighted by atomic mass is 9.92. The van der Waals surface area contributed by atoms with E-state index < -0.39 is 0 Å². The van der Waals surface area contributed by atoms with E-state index in [1.165, 1.54) is 5.56 Å². The van der Waals surface area contributed by atoms with E-state index in [0.29, 0.717) is 5.92 Å². The molecule has 1 aliphatic rings. The predicted molar refractivity (Wildman–Crippen MR) is 71.2 cm³/mol. The van der Waals surface area contributed by atoms with Gasteiger partial charge < -0.3 is 4.90 Å². The van der Waals surface area contributed by atoms with Crippen molar-refractivity contribution in [3.63, 3.8) is 0 Å². The van der Waals surface area contributed by atoms with Gasteiger partial charge in [-0.05, 0) is 21.5 Å². The molecule has 16 heavy (non-hydrogen) atoms. The summed E-state index contributed by atoms with van der Waals surface area (Å²) in [5.41, 5.74) is 1.44. The van der Waals surface area contributed by atoms with Gasteiger partial charge in [-0.15, -0.1) is 0 Å². The van der Waals surface area contributed by atoms with Gasteiger partial charge in [-0.1, -0.05) is 41.7 Å². The molecule has 1 aliphatic heterocycles. The molecule has 0 bridgehead atoms.